The minimum absolute atomic E-state index is 0.0352. The number of aryl methyl sites for hydroxylation is 2. The van der Waals surface area contributed by atoms with Gasteiger partial charge in [-0.3, -0.25) is 0 Å². The van der Waals surface area contributed by atoms with Gasteiger partial charge in [0.05, 0.1) is 10.9 Å². The lowest BCUT2D eigenvalue weighted by Crippen LogP contribution is -2.05. The zero-order valence-electron chi connectivity index (χ0n) is 12.4. The lowest BCUT2D eigenvalue weighted by Gasteiger charge is -2.09. The lowest BCUT2D eigenvalue weighted by atomic mass is 10.2. The maximum atomic E-state index is 2.32. The zero-order chi connectivity index (χ0) is 14.7. The molecule has 0 spiro atoms. The Morgan fingerprint density at radius 2 is 0.952 bits per heavy atom. The second kappa shape index (κ2) is 6.19. The van der Waals surface area contributed by atoms with Crippen LogP contribution in [0.25, 0.3) is 0 Å². The number of hydrogen-bond acceptors (Lipinski definition) is 0. The predicted octanol–water partition coefficient (Wildman–Crippen LogP) is 5.40. The maximum Gasteiger partial charge on any atom is 0.167 e. The normalized spacial score (nSPS) is 10.8. The van der Waals surface area contributed by atoms with Gasteiger partial charge in [-0.05, 0) is 61.4 Å². The number of hydrogen-bond donors (Lipinski definition) is 0. The second-order valence-corrected chi connectivity index (χ2v) is 7.28. The van der Waals surface area contributed by atoms with E-state index in [-0.39, 0.29) is 10.9 Å². The number of rotatable bonds is 3. The molecule has 0 saturated carbocycles. The van der Waals surface area contributed by atoms with Crippen LogP contribution in [0.3, 0.4) is 0 Å². The Morgan fingerprint density at radius 3 is 1.38 bits per heavy atom. The van der Waals surface area contributed by atoms with Gasteiger partial charge in [-0.2, -0.15) is 0 Å². The van der Waals surface area contributed by atoms with E-state index < -0.39 is 0 Å². The molecule has 104 valence electrons. The Morgan fingerprint density at radius 1 is 0.524 bits per heavy atom. The maximum absolute atomic E-state index is 2.32. The van der Waals surface area contributed by atoms with Crippen LogP contribution in [0.4, 0.5) is 0 Å². The van der Waals surface area contributed by atoms with Crippen molar-refractivity contribution in [2.75, 3.05) is 0 Å². The Labute approximate surface area is 129 Å². The fourth-order valence-electron chi connectivity index (χ4n) is 2.57. The Bertz CT molecular complexity index is 658. The van der Waals surface area contributed by atoms with Gasteiger partial charge in [0.15, 0.2) is 14.7 Å². The van der Waals surface area contributed by atoms with Gasteiger partial charge in [-0.1, -0.05) is 42.5 Å². The predicted molar refractivity (Wildman–Crippen MR) is 91.0 cm³/mol. The fraction of sp³-hybridized carbons (Fsp3) is 0.100. The standard InChI is InChI=1S/C20H19S/c1-16-13-17(2)15-20(14-16)21(18-9-5-3-6-10-18)19-11-7-4-8-12-19/h3-15H,1-2H3/q+1. The third kappa shape index (κ3) is 3.20. The highest BCUT2D eigenvalue weighted by Crippen LogP contribution is 2.31. The summed E-state index contributed by atoms with van der Waals surface area (Å²) >= 11 is 0. The van der Waals surface area contributed by atoms with Gasteiger partial charge in [-0.15, -0.1) is 0 Å². The first kappa shape index (κ1) is 14.0. The van der Waals surface area contributed by atoms with Crippen LogP contribution in [0.15, 0.2) is 93.5 Å². The molecule has 0 radical (unpaired) electrons. The molecule has 21 heavy (non-hydrogen) atoms. The smallest absolute Gasteiger partial charge is 0.0619 e. The van der Waals surface area contributed by atoms with Crippen LogP contribution in [-0.4, -0.2) is 0 Å². The highest BCUT2D eigenvalue weighted by atomic mass is 32.2. The van der Waals surface area contributed by atoms with Gasteiger partial charge in [0.25, 0.3) is 0 Å². The van der Waals surface area contributed by atoms with Crippen molar-refractivity contribution in [3.63, 3.8) is 0 Å². The minimum atomic E-state index is -0.0352. The largest absolute Gasteiger partial charge is 0.167 e. The average Bonchev–Trinajstić information content (AvgIpc) is 2.49. The highest BCUT2D eigenvalue weighted by Gasteiger charge is 2.28. The van der Waals surface area contributed by atoms with Gasteiger partial charge in [-0.25, -0.2) is 0 Å². The van der Waals surface area contributed by atoms with E-state index in [0.717, 1.165) is 0 Å². The third-order valence-corrected chi connectivity index (χ3v) is 5.58. The lowest BCUT2D eigenvalue weighted by molar-refractivity contribution is 1.26. The summed E-state index contributed by atoms with van der Waals surface area (Å²) in [5, 5.41) is 0. The molecule has 0 nitrogen and oxygen atoms in total. The molecule has 0 unspecified atom stereocenters. The summed E-state index contributed by atoms with van der Waals surface area (Å²) in [7, 11) is -0.0352. The van der Waals surface area contributed by atoms with Gasteiger partial charge in [0.2, 0.25) is 0 Å². The first-order chi connectivity index (χ1) is 10.2. The highest BCUT2D eigenvalue weighted by molar-refractivity contribution is 7.97. The summed E-state index contributed by atoms with van der Waals surface area (Å²) in [6.07, 6.45) is 0. The SMILES string of the molecule is Cc1cc(C)cc([S+](c2ccccc2)c2ccccc2)c1. The van der Waals surface area contributed by atoms with Crippen molar-refractivity contribution in [1.82, 2.24) is 0 Å². The zero-order valence-corrected chi connectivity index (χ0v) is 13.2. The first-order valence-corrected chi connectivity index (χ1v) is 8.39. The summed E-state index contributed by atoms with van der Waals surface area (Å²) in [5.74, 6) is 0. The third-order valence-electron chi connectivity index (χ3n) is 3.39. The second-order valence-electron chi connectivity index (χ2n) is 5.26. The van der Waals surface area contributed by atoms with Crippen LogP contribution in [0, 0.1) is 13.8 Å². The topological polar surface area (TPSA) is 0 Å². The molecule has 3 rings (SSSR count). The molecular formula is C20H19S+. The van der Waals surface area contributed by atoms with E-state index in [1.54, 1.807) is 0 Å². The van der Waals surface area contributed by atoms with Crippen LogP contribution in [0.5, 0.6) is 0 Å². The molecule has 0 aliphatic carbocycles. The summed E-state index contributed by atoms with van der Waals surface area (Å²) in [6.45, 7) is 4.35. The minimum Gasteiger partial charge on any atom is -0.0619 e. The molecule has 3 aromatic carbocycles. The van der Waals surface area contributed by atoms with Gasteiger partial charge in [0, 0.05) is 0 Å². The average molecular weight is 291 g/mol. The van der Waals surface area contributed by atoms with Crippen molar-refractivity contribution in [3.05, 3.63) is 90.0 Å². The summed E-state index contributed by atoms with van der Waals surface area (Å²) in [4.78, 5) is 4.13. The molecule has 0 aliphatic heterocycles. The Kier molecular flexibility index (Phi) is 4.12. The number of benzene rings is 3. The molecule has 0 amide bonds. The van der Waals surface area contributed by atoms with Crippen LogP contribution in [0.2, 0.25) is 0 Å². The van der Waals surface area contributed by atoms with Crippen molar-refractivity contribution in [2.24, 2.45) is 0 Å². The van der Waals surface area contributed by atoms with Crippen LogP contribution in [-0.2, 0) is 10.9 Å². The van der Waals surface area contributed by atoms with E-state index >= 15 is 0 Å². The van der Waals surface area contributed by atoms with Crippen LogP contribution < -0.4 is 0 Å². The monoisotopic (exact) mass is 291 g/mol. The summed E-state index contributed by atoms with van der Waals surface area (Å²) in [6, 6.07) is 28.5. The van der Waals surface area contributed by atoms with E-state index in [4.69, 9.17) is 0 Å². The molecule has 0 fully saturated rings. The van der Waals surface area contributed by atoms with E-state index in [1.165, 1.54) is 25.8 Å². The molecule has 0 bridgehead atoms. The fourth-order valence-corrected chi connectivity index (χ4v) is 4.85. The molecule has 3 aromatic rings. The van der Waals surface area contributed by atoms with Crippen molar-refractivity contribution in [3.8, 4) is 0 Å². The molecule has 0 atom stereocenters. The van der Waals surface area contributed by atoms with Crippen molar-refractivity contribution in [2.45, 2.75) is 28.5 Å². The van der Waals surface area contributed by atoms with E-state index in [2.05, 4.69) is 92.7 Å². The van der Waals surface area contributed by atoms with Crippen molar-refractivity contribution >= 4 is 10.9 Å². The van der Waals surface area contributed by atoms with Gasteiger partial charge >= 0.3 is 0 Å². The van der Waals surface area contributed by atoms with Crippen LogP contribution in [0.1, 0.15) is 11.1 Å². The Hall–Kier alpha value is -1.99. The van der Waals surface area contributed by atoms with E-state index in [1.807, 2.05) is 0 Å². The molecule has 0 heterocycles. The summed E-state index contributed by atoms with van der Waals surface area (Å²) < 4.78 is 0. The molecule has 1 heteroatoms. The van der Waals surface area contributed by atoms with E-state index in [9.17, 15) is 0 Å². The van der Waals surface area contributed by atoms with Crippen molar-refractivity contribution < 1.29 is 0 Å². The van der Waals surface area contributed by atoms with Gasteiger partial charge in [0.1, 0.15) is 0 Å². The molecule has 0 saturated heterocycles. The van der Waals surface area contributed by atoms with E-state index in [0.29, 0.717) is 0 Å². The Balaban J connectivity index is 2.17. The summed E-state index contributed by atoms with van der Waals surface area (Å²) in [5.41, 5.74) is 2.66. The van der Waals surface area contributed by atoms with Crippen molar-refractivity contribution in [1.29, 1.82) is 0 Å². The van der Waals surface area contributed by atoms with Gasteiger partial charge < -0.3 is 0 Å². The quantitative estimate of drug-likeness (QED) is 0.567. The first-order valence-electron chi connectivity index (χ1n) is 7.17. The molecular weight excluding hydrogens is 272 g/mol. The molecule has 0 aromatic heterocycles. The molecule has 0 aliphatic rings. The molecule has 0 N–H and O–H groups in total. The van der Waals surface area contributed by atoms with Crippen LogP contribution >= 0.6 is 0 Å².